The van der Waals surface area contributed by atoms with Crippen LogP contribution in [0.2, 0.25) is 0 Å². The number of nitrogens with two attached hydrogens (primary N) is 1. The van der Waals surface area contributed by atoms with Crippen molar-refractivity contribution in [1.29, 1.82) is 0 Å². The Morgan fingerprint density at radius 1 is 1.38 bits per heavy atom. The zero-order valence-corrected chi connectivity index (χ0v) is 9.16. The second-order valence-electron chi connectivity index (χ2n) is 3.38. The molecule has 2 aromatic heterocycles. The largest absolute Gasteiger partial charge is 0.346 e. The van der Waals surface area contributed by atoms with E-state index in [1.54, 1.807) is 23.6 Å². The van der Waals surface area contributed by atoms with Gasteiger partial charge < -0.3 is 5.73 Å². The van der Waals surface area contributed by atoms with E-state index in [1.165, 1.54) is 0 Å². The summed E-state index contributed by atoms with van der Waals surface area (Å²) < 4.78 is 1.07. The van der Waals surface area contributed by atoms with Gasteiger partial charge in [0.2, 0.25) is 0 Å². The molecule has 76 valence electrons. The molecule has 1 aliphatic carbocycles. The highest BCUT2D eigenvalue weighted by molar-refractivity contribution is 7.19. The van der Waals surface area contributed by atoms with Crippen LogP contribution < -0.4 is 5.73 Å². The molecule has 0 saturated heterocycles. The third-order valence-electron chi connectivity index (χ3n) is 2.32. The highest BCUT2D eigenvalue weighted by Crippen LogP contribution is 2.29. The van der Waals surface area contributed by atoms with Gasteiger partial charge >= 0.3 is 0 Å². The lowest BCUT2D eigenvalue weighted by Gasteiger charge is -1.94. The molecule has 0 radical (unpaired) electrons. The molecule has 0 unspecified atom stereocenters. The molecule has 0 fully saturated rings. The third kappa shape index (κ3) is 1.41. The van der Waals surface area contributed by atoms with Crippen LogP contribution in [0.15, 0.2) is 42.4 Å². The second kappa shape index (κ2) is 3.52. The highest BCUT2D eigenvalue weighted by Gasteiger charge is 2.16. The van der Waals surface area contributed by atoms with E-state index in [2.05, 4.69) is 16.0 Å². The number of aromatic nitrogens is 2. The van der Waals surface area contributed by atoms with Gasteiger partial charge in [0.15, 0.2) is 10.7 Å². The molecule has 0 aliphatic heterocycles. The number of fused-ring (bicyclic) bond motifs is 1. The lowest BCUT2D eigenvalue weighted by molar-refractivity contribution is 1.34. The fourth-order valence-corrected chi connectivity index (χ4v) is 2.51. The van der Waals surface area contributed by atoms with Gasteiger partial charge in [-0.05, 0) is 6.07 Å². The summed E-state index contributed by atoms with van der Waals surface area (Å²) in [5.41, 5.74) is 8.52. The molecule has 2 heterocycles. The van der Waals surface area contributed by atoms with Crippen LogP contribution in [0.25, 0.3) is 15.8 Å². The molecule has 3 rings (SSSR count). The summed E-state index contributed by atoms with van der Waals surface area (Å²) >= 11 is 1.60. The summed E-state index contributed by atoms with van der Waals surface area (Å²) in [7, 11) is 0. The van der Waals surface area contributed by atoms with Crippen molar-refractivity contribution in [2.45, 2.75) is 0 Å². The van der Waals surface area contributed by atoms with Crippen molar-refractivity contribution in [1.82, 2.24) is 9.97 Å². The Labute approximate surface area is 96.6 Å². The lowest BCUT2D eigenvalue weighted by Crippen LogP contribution is -1.99. The average molecular weight is 226 g/mol. The molecular weight excluding hydrogens is 218 g/mol. The molecule has 2 N–H and O–H groups in total. The van der Waals surface area contributed by atoms with Gasteiger partial charge in [0.25, 0.3) is 0 Å². The summed E-state index contributed by atoms with van der Waals surface area (Å²) in [5.74, 6) is 0. The summed E-state index contributed by atoms with van der Waals surface area (Å²) in [5, 5.41) is 0.925. The van der Waals surface area contributed by atoms with E-state index in [1.807, 2.05) is 24.4 Å². The molecule has 0 aromatic carbocycles. The maximum atomic E-state index is 5.89. The van der Waals surface area contributed by atoms with Crippen LogP contribution in [0.3, 0.4) is 0 Å². The molecule has 3 nitrogen and oxygen atoms in total. The first-order chi connectivity index (χ1) is 7.84. The molecule has 0 bridgehead atoms. The maximum Gasteiger partial charge on any atom is 0.154 e. The molecule has 4 heteroatoms. The van der Waals surface area contributed by atoms with Gasteiger partial charge in [-0.1, -0.05) is 0 Å². The van der Waals surface area contributed by atoms with Gasteiger partial charge in [0, 0.05) is 18.5 Å². The molecule has 0 saturated carbocycles. The number of hydrogen-bond donors (Lipinski definition) is 1. The van der Waals surface area contributed by atoms with Crippen LogP contribution in [0.1, 0.15) is 5.01 Å². The van der Waals surface area contributed by atoms with E-state index in [0.717, 1.165) is 20.8 Å². The van der Waals surface area contributed by atoms with E-state index in [9.17, 15) is 0 Å². The predicted molar refractivity (Wildman–Crippen MR) is 65.5 cm³/mol. The Hall–Kier alpha value is -2.03. The van der Waals surface area contributed by atoms with Crippen LogP contribution in [0.4, 0.5) is 0 Å². The molecule has 0 atom stereocenters. The topological polar surface area (TPSA) is 51.8 Å². The van der Waals surface area contributed by atoms with Crippen LogP contribution in [0.5, 0.6) is 0 Å². The Morgan fingerprint density at radius 2 is 2.31 bits per heavy atom. The number of hydrogen-bond acceptors (Lipinski definition) is 4. The molecule has 2 aromatic rings. The predicted octanol–water partition coefficient (Wildman–Crippen LogP) is 2.29. The smallest absolute Gasteiger partial charge is 0.154 e. The Bertz CT molecular complexity index is 602. The van der Waals surface area contributed by atoms with Crippen LogP contribution >= 0.6 is 11.3 Å². The van der Waals surface area contributed by atoms with E-state index in [4.69, 9.17) is 5.73 Å². The standard InChI is InChI=1S/C12H8N3S/c13-9-4-2-1-3-8(9)12-15-10-5-6-14-7-11(10)16-12/h1,3-7H,13H2/q+1. The van der Waals surface area contributed by atoms with E-state index in [-0.39, 0.29) is 0 Å². The van der Waals surface area contributed by atoms with Crippen molar-refractivity contribution in [3.05, 3.63) is 53.5 Å². The fraction of sp³-hybridized carbons (Fsp3) is 0. The van der Waals surface area contributed by atoms with E-state index >= 15 is 0 Å². The van der Waals surface area contributed by atoms with Crippen molar-refractivity contribution < 1.29 is 0 Å². The molecule has 0 amide bonds. The minimum Gasteiger partial charge on any atom is -0.346 e. The average Bonchev–Trinajstić information content (AvgIpc) is 2.73. The van der Waals surface area contributed by atoms with Crippen LogP contribution in [-0.2, 0) is 0 Å². The Balaban J connectivity index is 2.20. The normalized spacial score (nSPS) is 14.5. The van der Waals surface area contributed by atoms with E-state index < -0.39 is 0 Å². The first kappa shape index (κ1) is 9.21. The highest BCUT2D eigenvalue weighted by atomic mass is 32.1. The SMILES string of the molecule is NC1=C(c2nc3ccncc3s2)C=C[C+]=C1. The Morgan fingerprint density at radius 3 is 3.12 bits per heavy atom. The van der Waals surface area contributed by atoms with Gasteiger partial charge in [-0.2, -0.15) is 0 Å². The molecular formula is C12H8N3S+. The van der Waals surface area contributed by atoms with Gasteiger partial charge in [-0.25, -0.2) is 4.98 Å². The zero-order chi connectivity index (χ0) is 11.0. The number of nitrogens with zero attached hydrogens (tertiary/aromatic N) is 2. The monoisotopic (exact) mass is 226 g/mol. The number of rotatable bonds is 1. The molecule has 1 aliphatic rings. The lowest BCUT2D eigenvalue weighted by atomic mass is 10.1. The third-order valence-corrected chi connectivity index (χ3v) is 3.36. The molecule has 16 heavy (non-hydrogen) atoms. The zero-order valence-electron chi connectivity index (χ0n) is 8.34. The van der Waals surface area contributed by atoms with Crippen molar-refractivity contribution in [3.8, 4) is 0 Å². The van der Waals surface area contributed by atoms with Crippen molar-refractivity contribution >= 4 is 27.1 Å². The van der Waals surface area contributed by atoms with Gasteiger partial charge in [-0.3, -0.25) is 4.98 Å². The van der Waals surface area contributed by atoms with Gasteiger partial charge in [0.05, 0.1) is 16.3 Å². The quantitative estimate of drug-likeness (QED) is 0.759. The summed E-state index contributed by atoms with van der Waals surface area (Å²) in [6.07, 6.45) is 12.0. The Kier molecular flexibility index (Phi) is 2.03. The summed E-state index contributed by atoms with van der Waals surface area (Å²) in [6, 6.07) is 1.90. The first-order valence-electron chi connectivity index (χ1n) is 4.81. The number of thiazole rings is 1. The van der Waals surface area contributed by atoms with Crippen molar-refractivity contribution in [2.75, 3.05) is 0 Å². The van der Waals surface area contributed by atoms with E-state index in [0.29, 0.717) is 5.70 Å². The summed E-state index contributed by atoms with van der Waals surface area (Å²) in [4.78, 5) is 8.60. The fourth-order valence-electron chi connectivity index (χ4n) is 1.53. The van der Waals surface area contributed by atoms with Crippen molar-refractivity contribution in [3.63, 3.8) is 0 Å². The minimum absolute atomic E-state index is 0.703. The first-order valence-corrected chi connectivity index (χ1v) is 5.63. The van der Waals surface area contributed by atoms with Crippen LogP contribution in [0, 0.1) is 6.08 Å². The number of pyridine rings is 1. The van der Waals surface area contributed by atoms with Crippen molar-refractivity contribution in [2.24, 2.45) is 5.73 Å². The van der Waals surface area contributed by atoms with Gasteiger partial charge in [0.1, 0.15) is 17.7 Å². The maximum absolute atomic E-state index is 5.89. The number of allylic oxidation sites excluding steroid dienone is 5. The minimum atomic E-state index is 0.703. The molecule has 0 spiro atoms. The second-order valence-corrected chi connectivity index (χ2v) is 4.41. The van der Waals surface area contributed by atoms with Crippen LogP contribution in [-0.4, -0.2) is 9.97 Å². The summed E-state index contributed by atoms with van der Waals surface area (Å²) in [6.45, 7) is 0. The van der Waals surface area contributed by atoms with Gasteiger partial charge in [-0.15, -0.1) is 11.3 Å².